The van der Waals surface area contributed by atoms with Crippen molar-refractivity contribution >= 4 is 0 Å². The van der Waals surface area contributed by atoms with Crippen molar-refractivity contribution in [3.63, 3.8) is 0 Å². The lowest BCUT2D eigenvalue weighted by Crippen LogP contribution is -2.02. The van der Waals surface area contributed by atoms with E-state index >= 15 is 0 Å². The molecule has 0 atom stereocenters. The molecule has 0 bridgehead atoms. The van der Waals surface area contributed by atoms with E-state index in [0.29, 0.717) is 0 Å². The van der Waals surface area contributed by atoms with Crippen molar-refractivity contribution in [2.45, 2.75) is 19.3 Å². The van der Waals surface area contributed by atoms with Gasteiger partial charge in [0.1, 0.15) is 0 Å². The van der Waals surface area contributed by atoms with Gasteiger partial charge in [0.2, 0.25) is 0 Å². The molecule has 0 saturated carbocycles. The minimum absolute atomic E-state index is 0. The zero-order chi connectivity index (χ0) is 5.54. The summed E-state index contributed by atoms with van der Waals surface area (Å²) in [7, 11) is 0. The van der Waals surface area contributed by atoms with Gasteiger partial charge >= 0.3 is 0 Å². The number of unbranched alkanes of at least 4 members (excludes halogenated alkanes) is 2. The fourth-order valence-electron chi connectivity index (χ4n) is 0.465. The number of rotatable bonds is 4. The molecule has 10 N–H and O–H groups in total. The van der Waals surface area contributed by atoms with E-state index in [1.54, 1.807) is 0 Å². The van der Waals surface area contributed by atoms with Gasteiger partial charge in [0.25, 0.3) is 0 Å². The molecule has 0 spiro atoms. The fourth-order valence-corrected chi connectivity index (χ4v) is 0.465. The Morgan fingerprint density at radius 1 is 0.667 bits per heavy atom. The van der Waals surface area contributed by atoms with E-state index in [-0.39, 0.29) is 12.3 Å². The first-order valence-electron chi connectivity index (χ1n) is 2.82. The Kier molecular flexibility index (Phi) is 27.7. The van der Waals surface area contributed by atoms with Crippen LogP contribution in [-0.4, -0.2) is 13.1 Å². The second kappa shape index (κ2) is 15.7. The minimum atomic E-state index is 0. The van der Waals surface area contributed by atoms with Crippen molar-refractivity contribution in [2.75, 3.05) is 13.1 Å². The molecule has 0 unspecified atom stereocenters. The normalized spacial score (nSPS) is 7.33. The summed E-state index contributed by atoms with van der Waals surface area (Å²) in [6, 6.07) is 0. The molecule has 0 fully saturated rings. The summed E-state index contributed by atoms with van der Waals surface area (Å²) in [6.45, 7) is 1.61. The van der Waals surface area contributed by atoms with Gasteiger partial charge in [-0.2, -0.15) is 0 Å². The highest BCUT2D eigenvalue weighted by Gasteiger charge is 1.80. The predicted molar refractivity (Wildman–Crippen MR) is 42.0 cm³/mol. The third-order valence-corrected chi connectivity index (χ3v) is 0.908. The maximum absolute atomic E-state index is 5.23. The van der Waals surface area contributed by atoms with Crippen LogP contribution in [0, 0.1) is 0 Å². The van der Waals surface area contributed by atoms with Crippen molar-refractivity contribution in [2.24, 2.45) is 11.5 Å². The van der Waals surface area contributed by atoms with Crippen LogP contribution in [0.3, 0.4) is 0 Å². The van der Waals surface area contributed by atoms with Crippen molar-refractivity contribution in [1.29, 1.82) is 0 Å². The lowest BCUT2D eigenvalue weighted by Gasteiger charge is -1.91. The topological polar surface area (TPSA) is 122 Å². The highest BCUT2D eigenvalue weighted by atomic mass is 14.5. The molecule has 0 radical (unpaired) electrons. The molecule has 0 amide bonds. The largest absolute Gasteiger partial charge is 0.344 e. The summed E-state index contributed by atoms with van der Waals surface area (Å²) in [5.41, 5.74) is 10.5. The van der Waals surface area contributed by atoms with Crippen LogP contribution in [0.1, 0.15) is 19.3 Å². The Morgan fingerprint density at radius 3 is 1.22 bits per heavy atom. The molecule has 0 aromatic rings. The summed E-state index contributed by atoms with van der Waals surface area (Å²) < 4.78 is 0. The van der Waals surface area contributed by atoms with Crippen molar-refractivity contribution in [3.05, 3.63) is 0 Å². The molecule has 9 heavy (non-hydrogen) atoms. The third-order valence-electron chi connectivity index (χ3n) is 0.908. The molecule has 0 aliphatic carbocycles. The molecular formula is C5H20N4. The van der Waals surface area contributed by atoms with Crippen LogP contribution in [0.25, 0.3) is 0 Å². The maximum Gasteiger partial charge on any atom is -0.00773 e. The highest BCUT2D eigenvalue weighted by Crippen LogP contribution is 1.88. The number of nitrogens with two attached hydrogens (primary N) is 2. The molecular weight excluding hydrogens is 116 g/mol. The van der Waals surface area contributed by atoms with E-state index in [0.717, 1.165) is 25.9 Å². The zero-order valence-corrected chi connectivity index (χ0v) is 6.10. The molecule has 60 valence electrons. The SMILES string of the molecule is N.N.NCCCCCN. The minimum Gasteiger partial charge on any atom is -0.344 e. The van der Waals surface area contributed by atoms with Gasteiger partial charge in [-0.3, -0.25) is 0 Å². The Labute approximate surface area is 57.2 Å². The van der Waals surface area contributed by atoms with Crippen molar-refractivity contribution in [3.8, 4) is 0 Å². The molecule has 4 nitrogen and oxygen atoms in total. The van der Waals surface area contributed by atoms with Gasteiger partial charge in [-0.25, -0.2) is 0 Å². The zero-order valence-electron chi connectivity index (χ0n) is 6.10. The molecule has 0 aromatic carbocycles. The standard InChI is InChI=1S/C5H14N2.2H3N/c6-4-2-1-3-5-7;;/h1-7H2;2*1H3. The van der Waals surface area contributed by atoms with Gasteiger partial charge in [0.05, 0.1) is 0 Å². The molecule has 4 heteroatoms. The van der Waals surface area contributed by atoms with E-state index in [4.69, 9.17) is 11.5 Å². The summed E-state index contributed by atoms with van der Waals surface area (Å²) in [5.74, 6) is 0. The fraction of sp³-hybridized carbons (Fsp3) is 1.00. The predicted octanol–water partition coefficient (Wildman–Crippen LogP) is 0.398. The maximum atomic E-state index is 5.23. The Hall–Kier alpha value is -0.160. The second-order valence-electron chi connectivity index (χ2n) is 1.64. The first-order valence-corrected chi connectivity index (χ1v) is 2.82. The van der Waals surface area contributed by atoms with Gasteiger partial charge in [0, 0.05) is 0 Å². The summed E-state index contributed by atoms with van der Waals surface area (Å²) in [5, 5.41) is 0. The molecule has 0 rings (SSSR count). The van der Waals surface area contributed by atoms with E-state index in [9.17, 15) is 0 Å². The van der Waals surface area contributed by atoms with Gasteiger partial charge in [-0.05, 0) is 25.9 Å². The van der Waals surface area contributed by atoms with Gasteiger partial charge in [-0.15, -0.1) is 0 Å². The average Bonchev–Trinajstić information content (AvgIpc) is 1.69. The highest BCUT2D eigenvalue weighted by molar-refractivity contribution is 4.41. The molecule has 0 heterocycles. The first kappa shape index (κ1) is 15.9. The van der Waals surface area contributed by atoms with Gasteiger partial charge < -0.3 is 23.8 Å². The molecule has 0 aromatic heterocycles. The van der Waals surface area contributed by atoms with E-state index in [2.05, 4.69) is 0 Å². The molecule has 0 aliphatic rings. The van der Waals surface area contributed by atoms with Crippen LogP contribution < -0.4 is 23.8 Å². The molecule has 0 saturated heterocycles. The smallest absolute Gasteiger partial charge is 0.00773 e. The van der Waals surface area contributed by atoms with Gasteiger partial charge in [0.15, 0.2) is 0 Å². The van der Waals surface area contributed by atoms with E-state index in [1.165, 1.54) is 6.42 Å². The Morgan fingerprint density at radius 2 is 1.00 bits per heavy atom. The lowest BCUT2D eigenvalue weighted by atomic mass is 10.2. The van der Waals surface area contributed by atoms with Crippen LogP contribution in [0.2, 0.25) is 0 Å². The van der Waals surface area contributed by atoms with Crippen molar-refractivity contribution < 1.29 is 0 Å². The number of hydrogen-bond donors (Lipinski definition) is 4. The van der Waals surface area contributed by atoms with Crippen LogP contribution >= 0.6 is 0 Å². The summed E-state index contributed by atoms with van der Waals surface area (Å²) in [4.78, 5) is 0. The Balaban J connectivity index is -0.000000180. The van der Waals surface area contributed by atoms with Crippen LogP contribution in [-0.2, 0) is 0 Å². The van der Waals surface area contributed by atoms with Crippen molar-refractivity contribution in [1.82, 2.24) is 12.3 Å². The van der Waals surface area contributed by atoms with Gasteiger partial charge in [-0.1, -0.05) is 6.42 Å². The number of hydrogen-bond acceptors (Lipinski definition) is 4. The van der Waals surface area contributed by atoms with E-state index in [1.807, 2.05) is 0 Å². The molecule has 0 aliphatic heterocycles. The quantitative estimate of drug-likeness (QED) is 0.418. The van der Waals surface area contributed by atoms with E-state index < -0.39 is 0 Å². The lowest BCUT2D eigenvalue weighted by molar-refractivity contribution is 0.695. The Bertz CT molecular complexity index is 28.1. The van der Waals surface area contributed by atoms with Crippen LogP contribution in [0.15, 0.2) is 0 Å². The third kappa shape index (κ3) is 18.1. The first-order chi connectivity index (χ1) is 3.41. The summed E-state index contributed by atoms with van der Waals surface area (Å²) in [6.07, 6.45) is 3.43. The summed E-state index contributed by atoms with van der Waals surface area (Å²) >= 11 is 0. The van der Waals surface area contributed by atoms with Crippen LogP contribution in [0.5, 0.6) is 0 Å². The average molecular weight is 136 g/mol. The monoisotopic (exact) mass is 136 g/mol. The van der Waals surface area contributed by atoms with Crippen LogP contribution in [0.4, 0.5) is 0 Å². The second-order valence-corrected chi connectivity index (χ2v) is 1.64.